The maximum absolute atomic E-state index is 11.5. The Hall–Kier alpha value is -1.69. The third-order valence-electron chi connectivity index (χ3n) is 4.48. The van der Waals surface area contributed by atoms with E-state index in [4.69, 9.17) is 0 Å². The second kappa shape index (κ2) is 6.07. The van der Waals surface area contributed by atoms with Gasteiger partial charge in [0.15, 0.2) is 9.84 Å². The van der Waals surface area contributed by atoms with Crippen LogP contribution in [0.2, 0.25) is 0 Å². The summed E-state index contributed by atoms with van der Waals surface area (Å²) in [6.45, 7) is 2.97. The Labute approximate surface area is 137 Å². The van der Waals surface area contributed by atoms with Gasteiger partial charge in [0.1, 0.15) is 0 Å². The van der Waals surface area contributed by atoms with Gasteiger partial charge in [-0.1, -0.05) is 42.5 Å². The van der Waals surface area contributed by atoms with Crippen LogP contribution in [0.3, 0.4) is 0 Å². The quantitative estimate of drug-likeness (QED) is 0.856. The molecule has 2 aromatic carbocycles. The van der Waals surface area contributed by atoms with Gasteiger partial charge in [-0.2, -0.15) is 0 Å². The topological polar surface area (TPSA) is 57.4 Å². The standard InChI is InChI=1S/C18H21NO3S/c1-13(14-6-4-3-5-7-14)19-12-17(19)18(20)15-8-10-16(11-9-15)23(2,21)22/h3-11,13,17-18,20H,12H2,1-2H3/t13-,17-,18+,19?/m1/s1. The van der Waals surface area contributed by atoms with Gasteiger partial charge in [-0.05, 0) is 30.2 Å². The van der Waals surface area contributed by atoms with E-state index in [0.717, 1.165) is 12.1 Å². The Kier molecular flexibility index (Phi) is 4.27. The minimum Gasteiger partial charge on any atom is -0.387 e. The van der Waals surface area contributed by atoms with Crippen molar-refractivity contribution in [2.75, 3.05) is 12.8 Å². The maximum Gasteiger partial charge on any atom is 0.175 e. The number of hydrogen-bond acceptors (Lipinski definition) is 4. The number of hydrogen-bond donors (Lipinski definition) is 1. The molecule has 1 aliphatic rings. The summed E-state index contributed by atoms with van der Waals surface area (Å²) < 4.78 is 23.0. The molecule has 4 nitrogen and oxygen atoms in total. The molecule has 0 aromatic heterocycles. The third-order valence-corrected chi connectivity index (χ3v) is 5.61. The molecule has 0 bridgehead atoms. The molecule has 5 heteroatoms. The van der Waals surface area contributed by atoms with E-state index in [1.165, 1.54) is 11.8 Å². The van der Waals surface area contributed by atoms with Gasteiger partial charge in [0, 0.05) is 18.8 Å². The molecule has 4 atom stereocenters. The molecule has 0 aliphatic carbocycles. The number of sulfone groups is 1. The first-order chi connectivity index (χ1) is 10.9. The van der Waals surface area contributed by atoms with Crippen LogP contribution in [0.5, 0.6) is 0 Å². The number of benzene rings is 2. The summed E-state index contributed by atoms with van der Waals surface area (Å²) in [6.07, 6.45) is 0.581. The van der Waals surface area contributed by atoms with E-state index in [1.54, 1.807) is 24.3 Å². The predicted octanol–water partition coefficient (Wildman–Crippen LogP) is 2.57. The third kappa shape index (κ3) is 3.47. The predicted molar refractivity (Wildman–Crippen MR) is 89.9 cm³/mol. The summed E-state index contributed by atoms with van der Waals surface area (Å²) in [4.78, 5) is 2.52. The van der Waals surface area contributed by atoms with Crippen molar-refractivity contribution in [2.24, 2.45) is 0 Å². The van der Waals surface area contributed by atoms with Crippen molar-refractivity contribution in [1.29, 1.82) is 0 Å². The Morgan fingerprint density at radius 1 is 1.04 bits per heavy atom. The summed E-state index contributed by atoms with van der Waals surface area (Å²) in [7, 11) is -3.20. The minimum atomic E-state index is -3.20. The molecule has 1 aliphatic heterocycles. The molecule has 0 spiro atoms. The van der Waals surface area contributed by atoms with Crippen LogP contribution in [-0.2, 0) is 9.84 Å². The summed E-state index contributed by atoms with van der Waals surface area (Å²) >= 11 is 0. The highest BCUT2D eigenvalue weighted by Gasteiger charge is 2.43. The summed E-state index contributed by atoms with van der Waals surface area (Å²) in [5, 5.41) is 10.5. The van der Waals surface area contributed by atoms with Gasteiger partial charge in [0.2, 0.25) is 0 Å². The molecule has 1 heterocycles. The first kappa shape index (κ1) is 16.2. The Morgan fingerprint density at radius 3 is 2.22 bits per heavy atom. The van der Waals surface area contributed by atoms with E-state index in [9.17, 15) is 13.5 Å². The van der Waals surface area contributed by atoms with E-state index in [1.807, 2.05) is 18.2 Å². The van der Waals surface area contributed by atoms with Crippen LogP contribution in [0.4, 0.5) is 0 Å². The highest BCUT2D eigenvalue weighted by Crippen LogP contribution is 2.38. The van der Waals surface area contributed by atoms with Crippen LogP contribution in [0.15, 0.2) is 59.5 Å². The zero-order valence-corrected chi connectivity index (χ0v) is 14.1. The molecule has 3 rings (SSSR count). The van der Waals surface area contributed by atoms with Gasteiger partial charge < -0.3 is 5.11 Å². The van der Waals surface area contributed by atoms with Crippen LogP contribution in [0.25, 0.3) is 0 Å². The molecule has 122 valence electrons. The molecule has 0 radical (unpaired) electrons. The lowest BCUT2D eigenvalue weighted by Gasteiger charge is -2.17. The molecule has 0 amide bonds. The largest absolute Gasteiger partial charge is 0.387 e. The number of nitrogens with zero attached hydrogens (tertiary/aromatic N) is 1. The van der Waals surface area contributed by atoms with Crippen molar-refractivity contribution in [3.63, 3.8) is 0 Å². The highest BCUT2D eigenvalue weighted by atomic mass is 32.2. The van der Waals surface area contributed by atoms with Crippen LogP contribution in [0, 0.1) is 0 Å². The van der Waals surface area contributed by atoms with Crippen molar-refractivity contribution in [3.05, 3.63) is 65.7 Å². The summed E-state index contributed by atoms with van der Waals surface area (Å²) in [5.74, 6) is 0. The van der Waals surface area contributed by atoms with E-state index < -0.39 is 15.9 Å². The molecular weight excluding hydrogens is 310 g/mol. The van der Waals surface area contributed by atoms with Crippen LogP contribution >= 0.6 is 0 Å². The van der Waals surface area contributed by atoms with Crippen molar-refractivity contribution >= 4 is 9.84 Å². The summed E-state index contributed by atoms with van der Waals surface area (Å²) in [6, 6.07) is 17.1. The van der Waals surface area contributed by atoms with Crippen LogP contribution < -0.4 is 0 Å². The average molecular weight is 331 g/mol. The molecule has 23 heavy (non-hydrogen) atoms. The van der Waals surface area contributed by atoms with Gasteiger partial charge in [0.05, 0.1) is 17.0 Å². The Bertz CT molecular complexity index is 772. The minimum absolute atomic E-state index is 0.0780. The molecule has 2 aromatic rings. The SMILES string of the molecule is C[C@H](c1ccccc1)N1C[C@@H]1[C@@H](O)c1ccc(S(C)(=O)=O)cc1. The van der Waals surface area contributed by atoms with E-state index in [-0.39, 0.29) is 17.0 Å². The molecule has 1 fully saturated rings. The van der Waals surface area contributed by atoms with Crippen molar-refractivity contribution in [1.82, 2.24) is 4.90 Å². The second-order valence-corrected chi connectivity index (χ2v) is 8.15. The average Bonchev–Trinajstić information content (AvgIpc) is 3.34. The monoisotopic (exact) mass is 331 g/mol. The lowest BCUT2D eigenvalue weighted by Crippen LogP contribution is -2.14. The number of rotatable bonds is 5. The number of aliphatic hydroxyl groups excluding tert-OH is 1. The lowest BCUT2D eigenvalue weighted by molar-refractivity contribution is 0.151. The van der Waals surface area contributed by atoms with Gasteiger partial charge in [-0.15, -0.1) is 0 Å². The Morgan fingerprint density at radius 2 is 1.65 bits per heavy atom. The van der Waals surface area contributed by atoms with Gasteiger partial charge >= 0.3 is 0 Å². The van der Waals surface area contributed by atoms with E-state index in [0.29, 0.717) is 0 Å². The van der Waals surface area contributed by atoms with Crippen molar-refractivity contribution < 1.29 is 13.5 Å². The number of aliphatic hydroxyl groups is 1. The Balaban J connectivity index is 1.69. The maximum atomic E-state index is 11.5. The van der Waals surface area contributed by atoms with E-state index in [2.05, 4.69) is 24.0 Å². The van der Waals surface area contributed by atoms with E-state index >= 15 is 0 Å². The van der Waals surface area contributed by atoms with Crippen LogP contribution in [0.1, 0.15) is 30.2 Å². The molecular formula is C18H21NO3S. The normalized spacial score (nSPS) is 23.3. The fraction of sp³-hybridized carbons (Fsp3) is 0.333. The van der Waals surface area contributed by atoms with Gasteiger partial charge in [-0.3, -0.25) is 4.90 Å². The molecule has 1 unspecified atom stereocenters. The summed E-state index contributed by atoms with van der Waals surface area (Å²) in [5.41, 5.74) is 1.99. The zero-order valence-electron chi connectivity index (χ0n) is 13.3. The fourth-order valence-electron chi connectivity index (χ4n) is 2.95. The smallest absolute Gasteiger partial charge is 0.175 e. The lowest BCUT2D eigenvalue weighted by atomic mass is 10.1. The van der Waals surface area contributed by atoms with Crippen molar-refractivity contribution in [3.8, 4) is 0 Å². The first-order valence-corrected chi connectivity index (χ1v) is 9.56. The molecule has 1 N–H and O–H groups in total. The molecule has 1 saturated heterocycles. The second-order valence-electron chi connectivity index (χ2n) is 6.14. The highest BCUT2D eigenvalue weighted by molar-refractivity contribution is 7.90. The molecule has 0 saturated carbocycles. The van der Waals surface area contributed by atoms with Gasteiger partial charge in [0.25, 0.3) is 0 Å². The fourth-order valence-corrected chi connectivity index (χ4v) is 3.58. The van der Waals surface area contributed by atoms with Gasteiger partial charge in [-0.25, -0.2) is 8.42 Å². The van der Waals surface area contributed by atoms with Crippen LogP contribution in [-0.4, -0.2) is 37.3 Å². The first-order valence-electron chi connectivity index (χ1n) is 7.66. The zero-order chi connectivity index (χ0) is 16.6. The van der Waals surface area contributed by atoms with Crippen molar-refractivity contribution in [2.45, 2.75) is 30.0 Å².